The molecule has 2 aliphatic heterocycles. The normalized spacial score (nSPS) is 18.7. The minimum Gasteiger partial charge on any atom is -0.340 e. The molecular weight excluding hydrogens is 522 g/mol. The van der Waals surface area contributed by atoms with Crippen molar-refractivity contribution in [3.63, 3.8) is 0 Å². The fourth-order valence-corrected chi connectivity index (χ4v) is 6.55. The Hall–Kier alpha value is -2.48. The van der Waals surface area contributed by atoms with Gasteiger partial charge < -0.3 is 9.80 Å². The Morgan fingerprint density at radius 1 is 0.943 bits per heavy atom. The van der Waals surface area contributed by atoms with Gasteiger partial charge in [-0.25, -0.2) is 0 Å². The SMILES string of the molecule is Cc1ccccc1C1c2ccsc2CCN1CC(=O)N1CCCN(C(=O)c2cccc(Br)c2)CC1. The van der Waals surface area contributed by atoms with Crippen LogP contribution in [-0.4, -0.2) is 65.8 Å². The molecule has 0 N–H and O–H groups in total. The second-order valence-corrected chi connectivity index (χ2v) is 11.2. The predicted molar refractivity (Wildman–Crippen MR) is 144 cm³/mol. The highest BCUT2D eigenvalue weighted by molar-refractivity contribution is 9.10. The van der Waals surface area contributed by atoms with E-state index in [0.717, 1.165) is 23.9 Å². The first-order chi connectivity index (χ1) is 17.0. The minimum absolute atomic E-state index is 0.0289. The molecule has 0 bridgehead atoms. The summed E-state index contributed by atoms with van der Waals surface area (Å²) in [5.41, 5.74) is 4.55. The Bertz CT molecular complexity index is 1230. The number of hydrogen-bond donors (Lipinski definition) is 0. The molecule has 3 aromatic rings. The van der Waals surface area contributed by atoms with E-state index in [-0.39, 0.29) is 17.9 Å². The van der Waals surface area contributed by atoms with Crippen LogP contribution in [0, 0.1) is 6.92 Å². The van der Waals surface area contributed by atoms with Gasteiger partial charge in [0.2, 0.25) is 5.91 Å². The van der Waals surface area contributed by atoms with Crippen LogP contribution in [0.2, 0.25) is 0 Å². The first kappa shape index (κ1) is 24.2. The lowest BCUT2D eigenvalue weighted by molar-refractivity contribution is -0.132. The summed E-state index contributed by atoms with van der Waals surface area (Å²) in [4.78, 5) is 34.1. The van der Waals surface area contributed by atoms with Gasteiger partial charge in [0.1, 0.15) is 0 Å². The van der Waals surface area contributed by atoms with Gasteiger partial charge in [0, 0.05) is 47.6 Å². The number of nitrogens with zero attached hydrogens (tertiary/aromatic N) is 3. The number of amides is 2. The van der Waals surface area contributed by atoms with E-state index in [0.29, 0.717) is 38.3 Å². The number of fused-ring (bicyclic) bond motifs is 1. The Kier molecular flexibility index (Phi) is 7.37. The monoisotopic (exact) mass is 551 g/mol. The minimum atomic E-state index is 0.0289. The zero-order valence-corrected chi connectivity index (χ0v) is 22.4. The Balaban J connectivity index is 1.28. The van der Waals surface area contributed by atoms with Gasteiger partial charge in [0.05, 0.1) is 12.6 Å². The van der Waals surface area contributed by atoms with Gasteiger partial charge in [-0.15, -0.1) is 11.3 Å². The van der Waals surface area contributed by atoms with Crippen LogP contribution in [-0.2, 0) is 11.2 Å². The van der Waals surface area contributed by atoms with Crippen LogP contribution in [0.25, 0.3) is 0 Å². The molecule has 1 aromatic heterocycles. The smallest absolute Gasteiger partial charge is 0.253 e. The summed E-state index contributed by atoms with van der Waals surface area (Å²) in [6, 6.07) is 18.4. The third-order valence-corrected chi connectivity index (χ3v) is 8.58. The molecule has 1 unspecified atom stereocenters. The Labute approximate surface area is 219 Å². The number of carbonyl (C=O) groups is 2. The number of rotatable bonds is 4. The molecule has 0 saturated carbocycles. The van der Waals surface area contributed by atoms with Crippen LogP contribution in [0.1, 0.15) is 44.4 Å². The van der Waals surface area contributed by atoms with Crippen molar-refractivity contribution in [2.24, 2.45) is 0 Å². The molecule has 0 spiro atoms. The molecule has 2 aromatic carbocycles. The summed E-state index contributed by atoms with van der Waals surface area (Å²) in [6.45, 7) is 5.92. The second-order valence-electron chi connectivity index (χ2n) is 9.32. The van der Waals surface area contributed by atoms with E-state index in [2.05, 4.69) is 63.5 Å². The van der Waals surface area contributed by atoms with E-state index in [9.17, 15) is 9.59 Å². The van der Waals surface area contributed by atoms with Crippen molar-refractivity contribution in [3.05, 3.63) is 91.6 Å². The van der Waals surface area contributed by atoms with Gasteiger partial charge >= 0.3 is 0 Å². The van der Waals surface area contributed by atoms with Gasteiger partial charge in [-0.05, 0) is 66.1 Å². The van der Waals surface area contributed by atoms with Crippen molar-refractivity contribution in [1.82, 2.24) is 14.7 Å². The van der Waals surface area contributed by atoms with Crippen LogP contribution in [0.15, 0.2) is 64.5 Å². The third kappa shape index (κ3) is 5.22. The summed E-state index contributed by atoms with van der Waals surface area (Å²) < 4.78 is 0.897. The lowest BCUT2D eigenvalue weighted by atomic mass is 9.90. The highest BCUT2D eigenvalue weighted by atomic mass is 79.9. The van der Waals surface area contributed by atoms with Gasteiger partial charge in [-0.2, -0.15) is 0 Å². The lowest BCUT2D eigenvalue weighted by Gasteiger charge is -2.37. The van der Waals surface area contributed by atoms with Crippen molar-refractivity contribution in [3.8, 4) is 0 Å². The average Bonchev–Trinajstić information content (AvgIpc) is 3.20. The summed E-state index contributed by atoms with van der Waals surface area (Å²) in [6.07, 6.45) is 1.78. The van der Waals surface area contributed by atoms with Crippen molar-refractivity contribution < 1.29 is 9.59 Å². The van der Waals surface area contributed by atoms with Crippen molar-refractivity contribution >= 4 is 39.1 Å². The second kappa shape index (κ2) is 10.6. The van der Waals surface area contributed by atoms with Crippen LogP contribution in [0.3, 0.4) is 0 Å². The van der Waals surface area contributed by atoms with Crippen LogP contribution in [0.5, 0.6) is 0 Å². The zero-order chi connectivity index (χ0) is 24.4. The first-order valence-electron chi connectivity index (χ1n) is 12.2. The zero-order valence-electron chi connectivity index (χ0n) is 20.0. The largest absolute Gasteiger partial charge is 0.340 e. The van der Waals surface area contributed by atoms with Crippen LogP contribution >= 0.6 is 27.3 Å². The van der Waals surface area contributed by atoms with Crippen LogP contribution < -0.4 is 0 Å². The van der Waals surface area contributed by atoms with Crippen molar-refractivity contribution in [1.29, 1.82) is 0 Å². The van der Waals surface area contributed by atoms with Gasteiger partial charge in [0.15, 0.2) is 0 Å². The number of benzene rings is 2. The highest BCUT2D eigenvalue weighted by Gasteiger charge is 2.33. The number of thiophene rings is 1. The molecule has 0 aliphatic carbocycles. The molecule has 2 amide bonds. The summed E-state index contributed by atoms with van der Waals surface area (Å²) >= 11 is 5.27. The number of aryl methyl sites for hydroxylation is 1. The molecule has 5 rings (SSSR count). The summed E-state index contributed by atoms with van der Waals surface area (Å²) in [5, 5.41) is 2.17. The summed E-state index contributed by atoms with van der Waals surface area (Å²) in [7, 11) is 0. The Morgan fingerprint density at radius 3 is 2.57 bits per heavy atom. The molecule has 2 aliphatic rings. The molecule has 5 nitrogen and oxygen atoms in total. The molecule has 1 atom stereocenters. The van der Waals surface area contributed by atoms with Gasteiger partial charge in [-0.3, -0.25) is 14.5 Å². The molecule has 1 saturated heterocycles. The van der Waals surface area contributed by atoms with E-state index in [4.69, 9.17) is 0 Å². The quantitative estimate of drug-likeness (QED) is 0.450. The van der Waals surface area contributed by atoms with Crippen molar-refractivity contribution in [2.45, 2.75) is 25.8 Å². The van der Waals surface area contributed by atoms with E-state index >= 15 is 0 Å². The summed E-state index contributed by atoms with van der Waals surface area (Å²) in [5.74, 6) is 0.181. The molecule has 35 heavy (non-hydrogen) atoms. The molecule has 0 radical (unpaired) electrons. The van der Waals surface area contributed by atoms with E-state index < -0.39 is 0 Å². The molecule has 3 heterocycles. The van der Waals surface area contributed by atoms with Gasteiger partial charge in [-0.1, -0.05) is 46.3 Å². The molecule has 1 fully saturated rings. The highest BCUT2D eigenvalue weighted by Crippen LogP contribution is 2.38. The fourth-order valence-electron chi connectivity index (χ4n) is 5.24. The van der Waals surface area contributed by atoms with E-state index in [1.54, 1.807) is 0 Å². The third-order valence-electron chi connectivity index (χ3n) is 7.09. The topological polar surface area (TPSA) is 43.9 Å². The first-order valence-corrected chi connectivity index (χ1v) is 13.9. The van der Waals surface area contributed by atoms with E-state index in [1.807, 2.05) is 45.4 Å². The number of carbonyl (C=O) groups excluding carboxylic acids is 2. The maximum absolute atomic E-state index is 13.5. The maximum Gasteiger partial charge on any atom is 0.253 e. The lowest BCUT2D eigenvalue weighted by Crippen LogP contribution is -2.45. The maximum atomic E-state index is 13.5. The van der Waals surface area contributed by atoms with Crippen LogP contribution in [0.4, 0.5) is 0 Å². The average molecular weight is 553 g/mol. The fraction of sp³-hybridized carbons (Fsp3) is 0.357. The molecular formula is C28H30BrN3O2S. The molecule has 182 valence electrons. The number of hydrogen-bond acceptors (Lipinski definition) is 4. The van der Waals surface area contributed by atoms with Gasteiger partial charge in [0.25, 0.3) is 5.91 Å². The standard InChI is InChI=1S/C28H30BrN3O2S/c1-20-6-2-3-9-23(20)27-24-11-17-35-25(24)10-14-32(27)19-26(33)30-12-5-13-31(16-15-30)28(34)21-7-4-8-22(29)18-21/h2-4,6-9,11,17-18,27H,5,10,12-16,19H2,1H3. The number of halogens is 1. The predicted octanol–water partition coefficient (Wildman–Crippen LogP) is 5.14. The Morgan fingerprint density at radius 2 is 1.74 bits per heavy atom. The van der Waals surface area contributed by atoms with E-state index in [1.165, 1.54) is 21.6 Å². The van der Waals surface area contributed by atoms with Crippen molar-refractivity contribution in [2.75, 3.05) is 39.3 Å². The molecule has 7 heteroatoms.